The van der Waals surface area contributed by atoms with Gasteiger partial charge in [0.25, 0.3) is 0 Å². The molecule has 4 aromatic rings. The number of alkyl halides is 1. The summed E-state index contributed by atoms with van der Waals surface area (Å²) in [6.07, 6.45) is 5.29. The lowest BCUT2D eigenvalue weighted by Crippen LogP contribution is -2.26. The summed E-state index contributed by atoms with van der Waals surface area (Å²) < 4.78 is 33.4. The number of hydrogen-bond acceptors (Lipinski definition) is 4. The first kappa shape index (κ1) is 30.9. The van der Waals surface area contributed by atoms with Crippen LogP contribution >= 0.6 is 0 Å². The normalized spacial score (nSPS) is 15.3. The van der Waals surface area contributed by atoms with Crippen molar-refractivity contribution in [1.82, 2.24) is 9.47 Å². The average molecular weight is 587 g/mol. The summed E-state index contributed by atoms with van der Waals surface area (Å²) in [5.74, 6) is 2.89. The van der Waals surface area contributed by atoms with E-state index in [0.29, 0.717) is 6.61 Å². The lowest BCUT2D eigenvalue weighted by atomic mass is 10.1. The highest BCUT2D eigenvalue weighted by Crippen LogP contribution is 2.36. The third kappa shape index (κ3) is 7.91. The Balaban J connectivity index is 1.35. The molecule has 0 unspecified atom stereocenters. The van der Waals surface area contributed by atoms with E-state index in [1.54, 1.807) is 0 Å². The van der Waals surface area contributed by atoms with Crippen LogP contribution in [0.3, 0.4) is 0 Å². The van der Waals surface area contributed by atoms with Gasteiger partial charge < -0.3 is 18.8 Å². The molecule has 0 spiro atoms. The van der Waals surface area contributed by atoms with Crippen LogP contribution in [0.4, 0.5) is 4.39 Å². The van der Waals surface area contributed by atoms with E-state index in [2.05, 4.69) is 97.0 Å². The smallest absolute Gasteiger partial charge is 0.120 e. The van der Waals surface area contributed by atoms with E-state index in [0.717, 1.165) is 88.7 Å². The molecule has 1 aliphatic rings. The van der Waals surface area contributed by atoms with Crippen molar-refractivity contribution in [3.05, 3.63) is 77.9 Å². The summed E-state index contributed by atoms with van der Waals surface area (Å²) in [6, 6.07) is 23.4. The van der Waals surface area contributed by atoms with Crippen molar-refractivity contribution in [3.8, 4) is 28.5 Å². The van der Waals surface area contributed by atoms with Crippen LogP contribution in [0.15, 0.2) is 66.7 Å². The van der Waals surface area contributed by atoms with Crippen LogP contribution in [0, 0.1) is 12.8 Å². The molecule has 43 heavy (non-hydrogen) atoms. The molecule has 230 valence electrons. The molecule has 0 bridgehead atoms. The van der Waals surface area contributed by atoms with Gasteiger partial charge in [-0.1, -0.05) is 38.8 Å². The van der Waals surface area contributed by atoms with Gasteiger partial charge in [-0.3, -0.25) is 9.29 Å². The molecular weight excluding hydrogens is 539 g/mol. The number of ether oxygens (including phenoxy) is 3. The summed E-state index contributed by atoms with van der Waals surface area (Å²) in [4.78, 5) is 2.30. The summed E-state index contributed by atoms with van der Waals surface area (Å²) in [5, 5.41) is 1.21. The number of halogens is 1. The van der Waals surface area contributed by atoms with E-state index in [1.165, 1.54) is 33.3 Å². The van der Waals surface area contributed by atoms with Crippen molar-refractivity contribution in [2.75, 3.05) is 46.1 Å². The minimum absolute atomic E-state index is 0.190. The third-order valence-corrected chi connectivity index (χ3v) is 8.48. The summed E-state index contributed by atoms with van der Waals surface area (Å²) in [7, 11) is 0. The van der Waals surface area contributed by atoms with Crippen LogP contribution in [0.1, 0.15) is 57.1 Å². The van der Waals surface area contributed by atoms with Crippen molar-refractivity contribution in [2.24, 2.45) is 5.92 Å². The largest absolute Gasteiger partial charge is 0.494 e. The topological polar surface area (TPSA) is 35.9 Å². The number of rotatable bonds is 16. The minimum atomic E-state index is -0.219. The molecule has 0 aliphatic carbocycles. The predicted octanol–water partition coefficient (Wildman–Crippen LogP) is 8.69. The first-order valence-corrected chi connectivity index (χ1v) is 16.1. The second kappa shape index (κ2) is 15.3. The zero-order chi connectivity index (χ0) is 30.0. The maximum atomic E-state index is 12.9. The van der Waals surface area contributed by atoms with E-state index in [4.69, 9.17) is 14.2 Å². The average Bonchev–Trinajstić information content (AvgIpc) is 3.60. The van der Waals surface area contributed by atoms with Crippen molar-refractivity contribution in [2.45, 2.75) is 59.4 Å². The number of nitrogens with zero attached hydrogens (tertiary/aromatic N) is 2. The Bertz CT molecular complexity index is 1430. The number of aryl methyl sites for hydroxylation is 1. The molecule has 0 saturated carbocycles. The van der Waals surface area contributed by atoms with E-state index in [9.17, 15) is 4.39 Å². The van der Waals surface area contributed by atoms with Crippen LogP contribution in [0.5, 0.6) is 17.2 Å². The number of hydrogen-bond donors (Lipinski definition) is 0. The Hall–Kier alpha value is -3.51. The number of benzene rings is 3. The zero-order valence-electron chi connectivity index (χ0n) is 26.1. The highest BCUT2D eigenvalue weighted by molar-refractivity contribution is 5.92. The van der Waals surface area contributed by atoms with Gasteiger partial charge in [0.2, 0.25) is 0 Å². The van der Waals surface area contributed by atoms with Crippen molar-refractivity contribution >= 4 is 10.9 Å². The summed E-state index contributed by atoms with van der Waals surface area (Å²) in [6.45, 7) is 11.8. The molecule has 1 atom stereocenters. The molecular formula is C37H47FN2O3. The van der Waals surface area contributed by atoms with Crippen LogP contribution in [0.25, 0.3) is 22.2 Å². The van der Waals surface area contributed by atoms with Gasteiger partial charge >= 0.3 is 0 Å². The molecule has 1 saturated heterocycles. The molecule has 0 radical (unpaired) electrons. The minimum Gasteiger partial charge on any atom is -0.494 e. The molecule has 1 fully saturated rings. The predicted molar refractivity (Wildman–Crippen MR) is 174 cm³/mol. The number of fused-ring (bicyclic) bond motifs is 1. The maximum Gasteiger partial charge on any atom is 0.120 e. The standard InChI is InChI=1S/C37H47FN2O3/c1-4-6-21-41-33-14-10-31(11-15-33)37-28(3)35-24-34(42-22-7-5-2)16-17-36(35)40(37)27-29-8-12-32(13-9-29)43-23-20-39-19-18-30(25-38)26-39/h8-17,24,30H,4-7,18-23,25-27H2,1-3H3/t30-/m0/s1. The van der Waals surface area contributed by atoms with Crippen molar-refractivity contribution in [3.63, 3.8) is 0 Å². The molecule has 1 aliphatic heterocycles. The lowest BCUT2D eigenvalue weighted by Gasteiger charge is -2.16. The Morgan fingerprint density at radius 1 is 0.791 bits per heavy atom. The Morgan fingerprint density at radius 2 is 1.42 bits per heavy atom. The Kier molecular flexibility index (Phi) is 11.0. The van der Waals surface area contributed by atoms with Gasteiger partial charge in [-0.2, -0.15) is 0 Å². The van der Waals surface area contributed by atoms with E-state index in [1.807, 2.05) is 0 Å². The molecule has 5 nitrogen and oxygen atoms in total. The van der Waals surface area contributed by atoms with Crippen LogP contribution < -0.4 is 14.2 Å². The van der Waals surface area contributed by atoms with Gasteiger partial charge in [0.1, 0.15) is 23.9 Å². The van der Waals surface area contributed by atoms with Crippen LogP contribution in [-0.2, 0) is 6.54 Å². The van der Waals surface area contributed by atoms with Crippen LogP contribution in [-0.4, -0.2) is 55.6 Å². The molecule has 1 aromatic heterocycles. The second-order valence-corrected chi connectivity index (χ2v) is 11.8. The SMILES string of the molecule is CCCCOc1ccc(-c2c(C)c3cc(OCCCC)ccc3n2Cc2ccc(OCCN3CC[C@@H](CF)C3)cc2)cc1. The highest BCUT2D eigenvalue weighted by atomic mass is 19.1. The van der Waals surface area contributed by atoms with Gasteiger partial charge in [-0.25, -0.2) is 0 Å². The zero-order valence-corrected chi connectivity index (χ0v) is 26.1. The monoisotopic (exact) mass is 586 g/mol. The second-order valence-electron chi connectivity index (χ2n) is 11.8. The fraction of sp³-hybridized carbons (Fsp3) is 0.459. The van der Waals surface area contributed by atoms with Gasteiger partial charge in [0.15, 0.2) is 0 Å². The lowest BCUT2D eigenvalue weighted by molar-refractivity contribution is 0.228. The van der Waals surface area contributed by atoms with Gasteiger partial charge in [-0.15, -0.1) is 0 Å². The first-order valence-electron chi connectivity index (χ1n) is 16.1. The fourth-order valence-corrected chi connectivity index (χ4v) is 5.91. The third-order valence-electron chi connectivity index (χ3n) is 8.48. The quantitative estimate of drug-likeness (QED) is 0.123. The molecule has 2 heterocycles. The Morgan fingerprint density at radius 3 is 2.07 bits per heavy atom. The Labute approximate surface area is 256 Å². The van der Waals surface area contributed by atoms with E-state index < -0.39 is 0 Å². The fourth-order valence-electron chi connectivity index (χ4n) is 5.91. The van der Waals surface area contributed by atoms with Crippen molar-refractivity contribution in [1.29, 1.82) is 0 Å². The van der Waals surface area contributed by atoms with Gasteiger partial charge in [0.05, 0.1) is 25.6 Å². The molecule has 5 rings (SSSR count). The van der Waals surface area contributed by atoms with Crippen molar-refractivity contribution < 1.29 is 18.6 Å². The molecule has 0 N–H and O–H groups in total. The molecule has 3 aromatic carbocycles. The number of likely N-dealkylation sites (tertiary alicyclic amines) is 1. The first-order chi connectivity index (χ1) is 21.1. The van der Waals surface area contributed by atoms with Gasteiger partial charge in [-0.05, 0) is 104 Å². The maximum absolute atomic E-state index is 12.9. The van der Waals surface area contributed by atoms with E-state index in [-0.39, 0.29) is 12.6 Å². The summed E-state index contributed by atoms with van der Waals surface area (Å²) in [5.41, 5.74) is 6.02. The van der Waals surface area contributed by atoms with Gasteiger partial charge in [0, 0.05) is 36.5 Å². The number of unbranched alkanes of at least 4 members (excludes halogenated alkanes) is 2. The number of aromatic nitrogens is 1. The van der Waals surface area contributed by atoms with Crippen LogP contribution in [0.2, 0.25) is 0 Å². The summed E-state index contributed by atoms with van der Waals surface area (Å²) >= 11 is 0. The highest BCUT2D eigenvalue weighted by Gasteiger charge is 2.22. The van der Waals surface area contributed by atoms with E-state index >= 15 is 0 Å². The molecule has 0 amide bonds. The molecule has 6 heteroatoms.